The second-order valence-electron chi connectivity index (χ2n) is 5.49. The molecule has 0 bridgehead atoms. The fraction of sp³-hybridized carbons (Fsp3) is 0.211. The van der Waals surface area contributed by atoms with Crippen LogP contribution in [0.15, 0.2) is 54.2 Å². The van der Waals surface area contributed by atoms with Gasteiger partial charge in [-0.15, -0.1) is 23.1 Å². The zero-order valence-corrected chi connectivity index (χ0v) is 15.6. The number of carbonyl (C=O) groups is 1. The van der Waals surface area contributed by atoms with E-state index in [4.69, 9.17) is 0 Å². The SMILES string of the molecule is CCc1ccc(-c2csc(NC(=O)CSCc3cccnc3)n2)cc1. The minimum atomic E-state index is -0.0314. The minimum absolute atomic E-state index is 0.0314. The third kappa shape index (κ3) is 5.14. The molecule has 25 heavy (non-hydrogen) atoms. The van der Waals surface area contributed by atoms with E-state index in [2.05, 4.69) is 46.5 Å². The van der Waals surface area contributed by atoms with Crippen LogP contribution < -0.4 is 5.32 Å². The highest BCUT2D eigenvalue weighted by Gasteiger charge is 2.08. The van der Waals surface area contributed by atoms with Gasteiger partial charge in [-0.1, -0.05) is 37.3 Å². The number of hydrogen-bond acceptors (Lipinski definition) is 5. The number of pyridine rings is 1. The molecule has 1 aromatic carbocycles. The first-order chi connectivity index (χ1) is 12.2. The number of carbonyl (C=O) groups excluding carboxylic acids is 1. The van der Waals surface area contributed by atoms with Crippen LogP contribution in [0.2, 0.25) is 0 Å². The quantitative estimate of drug-likeness (QED) is 0.659. The first kappa shape index (κ1) is 17.6. The van der Waals surface area contributed by atoms with Crippen molar-refractivity contribution in [1.82, 2.24) is 9.97 Å². The Morgan fingerprint density at radius 3 is 2.76 bits per heavy atom. The summed E-state index contributed by atoms with van der Waals surface area (Å²) >= 11 is 3.02. The summed E-state index contributed by atoms with van der Waals surface area (Å²) in [6.45, 7) is 2.14. The van der Waals surface area contributed by atoms with Crippen molar-refractivity contribution in [3.05, 3.63) is 65.3 Å². The summed E-state index contributed by atoms with van der Waals surface area (Å²) < 4.78 is 0. The van der Waals surface area contributed by atoms with Crippen LogP contribution in [0.25, 0.3) is 11.3 Å². The predicted molar refractivity (Wildman–Crippen MR) is 106 cm³/mol. The molecule has 0 aliphatic carbocycles. The lowest BCUT2D eigenvalue weighted by atomic mass is 10.1. The number of rotatable bonds is 7. The number of thioether (sulfide) groups is 1. The van der Waals surface area contributed by atoms with Gasteiger partial charge in [-0.3, -0.25) is 9.78 Å². The molecule has 4 nitrogen and oxygen atoms in total. The van der Waals surface area contributed by atoms with Gasteiger partial charge >= 0.3 is 0 Å². The van der Waals surface area contributed by atoms with Gasteiger partial charge in [0.05, 0.1) is 11.4 Å². The molecule has 0 atom stereocenters. The molecular formula is C19H19N3OS2. The monoisotopic (exact) mass is 369 g/mol. The van der Waals surface area contributed by atoms with Crippen molar-refractivity contribution < 1.29 is 4.79 Å². The van der Waals surface area contributed by atoms with Gasteiger partial charge < -0.3 is 5.32 Å². The molecule has 3 aromatic rings. The number of amides is 1. The fourth-order valence-electron chi connectivity index (χ4n) is 2.28. The molecule has 128 valence electrons. The van der Waals surface area contributed by atoms with Crippen LogP contribution in [0.1, 0.15) is 18.1 Å². The first-order valence-electron chi connectivity index (χ1n) is 8.06. The number of thiazole rings is 1. The van der Waals surface area contributed by atoms with Crippen molar-refractivity contribution in [2.75, 3.05) is 11.1 Å². The summed E-state index contributed by atoms with van der Waals surface area (Å²) in [6.07, 6.45) is 4.59. The average Bonchev–Trinajstić information content (AvgIpc) is 3.11. The van der Waals surface area contributed by atoms with Crippen molar-refractivity contribution in [3.8, 4) is 11.3 Å². The standard InChI is InChI=1S/C19H19N3OS2/c1-2-14-5-7-16(8-6-14)17-12-25-19(21-17)22-18(23)13-24-11-15-4-3-9-20-10-15/h3-10,12H,2,11,13H2,1H3,(H,21,22,23). The van der Waals surface area contributed by atoms with Crippen LogP contribution in [0.3, 0.4) is 0 Å². The van der Waals surface area contributed by atoms with Gasteiger partial charge in [0.15, 0.2) is 5.13 Å². The molecule has 2 aromatic heterocycles. The van der Waals surface area contributed by atoms with E-state index < -0.39 is 0 Å². The molecule has 0 aliphatic heterocycles. The summed E-state index contributed by atoms with van der Waals surface area (Å²) in [5.41, 5.74) is 4.39. The number of hydrogen-bond donors (Lipinski definition) is 1. The molecule has 0 fully saturated rings. The zero-order valence-electron chi connectivity index (χ0n) is 13.9. The van der Waals surface area contributed by atoms with Crippen molar-refractivity contribution in [2.24, 2.45) is 0 Å². The van der Waals surface area contributed by atoms with E-state index in [0.717, 1.165) is 29.0 Å². The van der Waals surface area contributed by atoms with E-state index in [1.54, 1.807) is 18.0 Å². The fourth-order valence-corrected chi connectivity index (χ4v) is 3.78. The van der Waals surface area contributed by atoms with Gasteiger partial charge in [-0.05, 0) is 23.6 Å². The number of aryl methyl sites for hydroxylation is 1. The van der Waals surface area contributed by atoms with Crippen molar-refractivity contribution in [1.29, 1.82) is 0 Å². The topological polar surface area (TPSA) is 54.9 Å². The van der Waals surface area contributed by atoms with Crippen molar-refractivity contribution in [2.45, 2.75) is 19.1 Å². The number of nitrogens with zero attached hydrogens (tertiary/aromatic N) is 2. The molecule has 0 spiro atoms. The number of nitrogens with one attached hydrogen (secondary N) is 1. The van der Waals surface area contributed by atoms with Gasteiger partial charge in [-0.25, -0.2) is 4.98 Å². The van der Waals surface area contributed by atoms with E-state index >= 15 is 0 Å². The normalized spacial score (nSPS) is 10.6. The summed E-state index contributed by atoms with van der Waals surface area (Å²) in [7, 11) is 0. The van der Waals surface area contributed by atoms with Gasteiger partial charge in [-0.2, -0.15) is 0 Å². The smallest absolute Gasteiger partial charge is 0.236 e. The second kappa shape index (κ2) is 8.78. The summed E-state index contributed by atoms with van der Waals surface area (Å²) in [4.78, 5) is 20.6. The van der Waals surface area contributed by atoms with Crippen LogP contribution in [-0.4, -0.2) is 21.6 Å². The Bertz CT molecular complexity index is 816. The van der Waals surface area contributed by atoms with E-state index in [0.29, 0.717) is 10.9 Å². The van der Waals surface area contributed by atoms with Gasteiger partial charge in [0.2, 0.25) is 5.91 Å². The summed E-state index contributed by atoms with van der Waals surface area (Å²) in [6, 6.07) is 12.3. The van der Waals surface area contributed by atoms with Gasteiger partial charge in [0, 0.05) is 29.1 Å². The molecular weight excluding hydrogens is 350 g/mol. The maximum Gasteiger partial charge on any atom is 0.236 e. The molecule has 3 rings (SSSR count). The van der Waals surface area contributed by atoms with E-state index in [-0.39, 0.29) is 5.91 Å². The molecule has 1 N–H and O–H groups in total. The minimum Gasteiger partial charge on any atom is -0.301 e. The molecule has 1 amide bonds. The highest BCUT2D eigenvalue weighted by atomic mass is 32.2. The molecule has 0 saturated carbocycles. The lowest BCUT2D eigenvalue weighted by Crippen LogP contribution is -2.13. The average molecular weight is 370 g/mol. The van der Waals surface area contributed by atoms with Crippen molar-refractivity contribution in [3.63, 3.8) is 0 Å². The molecule has 0 radical (unpaired) electrons. The zero-order chi connectivity index (χ0) is 17.5. The summed E-state index contributed by atoms with van der Waals surface area (Å²) in [5.74, 6) is 1.14. The first-order valence-corrected chi connectivity index (χ1v) is 10.1. The van der Waals surface area contributed by atoms with Crippen LogP contribution in [0, 0.1) is 0 Å². The lowest BCUT2D eigenvalue weighted by Gasteiger charge is -2.02. The van der Waals surface area contributed by atoms with Crippen molar-refractivity contribution >= 4 is 34.1 Å². The third-order valence-electron chi connectivity index (χ3n) is 3.63. The largest absolute Gasteiger partial charge is 0.301 e. The Kier molecular flexibility index (Phi) is 6.19. The van der Waals surface area contributed by atoms with Gasteiger partial charge in [0.25, 0.3) is 0 Å². The lowest BCUT2D eigenvalue weighted by molar-refractivity contribution is -0.113. The van der Waals surface area contributed by atoms with Gasteiger partial charge in [0.1, 0.15) is 0 Å². The van der Waals surface area contributed by atoms with E-state index in [1.165, 1.54) is 16.9 Å². The Labute approximate surface area is 155 Å². The van der Waals surface area contributed by atoms with E-state index in [1.807, 2.05) is 23.7 Å². The van der Waals surface area contributed by atoms with Crippen LogP contribution in [0.4, 0.5) is 5.13 Å². The molecule has 0 saturated heterocycles. The maximum absolute atomic E-state index is 12.1. The predicted octanol–water partition coefficient (Wildman–Crippen LogP) is 4.64. The Morgan fingerprint density at radius 2 is 2.04 bits per heavy atom. The highest BCUT2D eigenvalue weighted by Crippen LogP contribution is 2.25. The Hall–Kier alpha value is -2.18. The molecule has 0 unspecified atom stereocenters. The molecule has 2 heterocycles. The van der Waals surface area contributed by atoms with Crippen LogP contribution in [0.5, 0.6) is 0 Å². The third-order valence-corrected chi connectivity index (χ3v) is 5.39. The maximum atomic E-state index is 12.1. The van der Waals surface area contributed by atoms with E-state index in [9.17, 15) is 4.79 Å². The number of aromatic nitrogens is 2. The number of anilines is 1. The Morgan fingerprint density at radius 1 is 1.20 bits per heavy atom. The van der Waals surface area contributed by atoms with Crippen LogP contribution >= 0.6 is 23.1 Å². The second-order valence-corrected chi connectivity index (χ2v) is 7.33. The Balaban J connectivity index is 1.51. The molecule has 0 aliphatic rings. The molecule has 6 heteroatoms. The van der Waals surface area contributed by atoms with Crippen LogP contribution in [-0.2, 0) is 17.0 Å². The summed E-state index contributed by atoms with van der Waals surface area (Å²) in [5, 5.41) is 5.48. The highest BCUT2D eigenvalue weighted by molar-refractivity contribution is 7.99. The number of benzene rings is 1.